The fraction of sp³-hybridized carbons (Fsp3) is 0.478. The molecule has 2 aromatic carbocycles. The number of hydrogen-bond donors (Lipinski definition) is 1. The van der Waals surface area contributed by atoms with E-state index in [0.29, 0.717) is 11.8 Å². The van der Waals surface area contributed by atoms with Crippen molar-refractivity contribution in [3.05, 3.63) is 71.8 Å². The molecule has 3 rings (SSSR count). The zero-order valence-corrected chi connectivity index (χ0v) is 17.7. The Balaban J connectivity index is 1.83. The van der Waals surface area contributed by atoms with E-state index >= 15 is 0 Å². The van der Waals surface area contributed by atoms with E-state index < -0.39 is 16.3 Å². The van der Waals surface area contributed by atoms with Crippen LogP contribution in [0.15, 0.2) is 60.7 Å². The highest BCUT2D eigenvalue weighted by molar-refractivity contribution is 7.84. The third-order valence-electron chi connectivity index (χ3n) is 5.74. The first kappa shape index (κ1) is 21.0. The molecule has 0 amide bonds. The molecule has 3 atom stereocenters. The summed E-state index contributed by atoms with van der Waals surface area (Å²) < 4.78 is 34.5. The van der Waals surface area contributed by atoms with Gasteiger partial charge in [0.05, 0.1) is 12.1 Å². The summed E-state index contributed by atoms with van der Waals surface area (Å²) in [6.07, 6.45) is 2.66. The summed E-state index contributed by atoms with van der Waals surface area (Å²) in [5.41, 5.74) is 1.77. The first-order chi connectivity index (χ1) is 13.4. The minimum Gasteiger partial charge on any atom is -0.254 e. The van der Waals surface area contributed by atoms with Crippen molar-refractivity contribution in [1.82, 2.24) is 4.72 Å². The van der Waals surface area contributed by atoms with Gasteiger partial charge >= 0.3 is 10.3 Å². The summed E-state index contributed by atoms with van der Waals surface area (Å²) in [6.45, 7) is 6.46. The average molecular weight is 402 g/mol. The fourth-order valence-electron chi connectivity index (χ4n) is 4.18. The van der Waals surface area contributed by atoms with Crippen LogP contribution in [-0.4, -0.2) is 14.5 Å². The van der Waals surface area contributed by atoms with Crippen LogP contribution in [0.3, 0.4) is 0 Å². The van der Waals surface area contributed by atoms with Crippen LogP contribution in [0, 0.1) is 17.8 Å². The number of hydrogen-bond acceptors (Lipinski definition) is 3. The Labute approximate surface area is 169 Å². The van der Waals surface area contributed by atoms with E-state index in [-0.39, 0.29) is 12.0 Å². The van der Waals surface area contributed by atoms with Crippen LogP contribution in [0.25, 0.3) is 0 Å². The SMILES string of the molecule is CC(C)[C@@H]1CC[C@@H](C)C[C@H]1OS(=O)(=O)NC(c1ccccc1)c1ccccc1. The molecule has 4 nitrogen and oxygen atoms in total. The van der Waals surface area contributed by atoms with E-state index in [1.54, 1.807) is 0 Å². The Morgan fingerprint density at radius 3 is 1.96 bits per heavy atom. The van der Waals surface area contributed by atoms with E-state index in [1.165, 1.54) is 0 Å². The average Bonchev–Trinajstić information content (AvgIpc) is 2.67. The van der Waals surface area contributed by atoms with Gasteiger partial charge in [-0.15, -0.1) is 0 Å². The molecule has 5 heteroatoms. The van der Waals surface area contributed by atoms with Gasteiger partial charge in [0.25, 0.3) is 0 Å². The molecule has 0 heterocycles. The van der Waals surface area contributed by atoms with Crippen LogP contribution in [0.2, 0.25) is 0 Å². The summed E-state index contributed by atoms with van der Waals surface area (Å²) in [5.74, 6) is 1.14. The van der Waals surface area contributed by atoms with Crippen molar-refractivity contribution in [1.29, 1.82) is 0 Å². The highest BCUT2D eigenvalue weighted by atomic mass is 32.2. The molecule has 0 spiro atoms. The largest absolute Gasteiger partial charge is 0.336 e. The monoisotopic (exact) mass is 401 g/mol. The van der Waals surface area contributed by atoms with Crippen LogP contribution < -0.4 is 4.72 Å². The second kappa shape index (κ2) is 9.21. The predicted octanol–water partition coefficient (Wildman–Crippen LogP) is 5.09. The summed E-state index contributed by atoms with van der Waals surface area (Å²) in [7, 11) is -3.92. The molecule has 1 N–H and O–H groups in total. The van der Waals surface area contributed by atoms with Crippen LogP contribution in [0.5, 0.6) is 0 Å². The lowest BCUT2D eigenvalue weighted by Crippen LogP contribution is -2.40. The lowest BCUT2D eigenvalue weighted by atomic mass is 9.75. The van der Waals surface area contributed by atoms with Crippen molar-refractivity contribution < 1.29 is 12.6 Å². The molecule has 28 heavy (non-hydrogen) atoms. The second-order valence-corrected chi connectivity index (χ2v) is 9.62. The molecular weight excluding hydrogens is 370 g/mol. The molecule has 0 aliphatic heterocycles. The van der Waals surface area contributed by atoms with E-state index in [4.69, 9.17) is 4.18 Å². The topological polar surface area (TPSA) is 55.4 Å². The first-order valence-electron chi connectivity index (χ1n) is 10.2. The predicted molar refractivity (Wildman–Crippen MR) is 113 cm³/mol. The van der Waals surface area contributed by atoms with Crippen molar-refractivity contribution in [2.45, 2.75) is 52.2 Å². The molecule has 0 aromatic heterocycles. The Bertz CT molecular complexity index is 797. The molecule has 2 aromatic rings. The Kier molecular flexibility index (Phi) is 6.91. The first-order valence-corrected chi connectivity index (χ1v) is 11.6. The number of nitrogens with one attached hydrogen (secondary N) is 1. The van der Waals surface area contributed by atoms with E-state index in [2.05, 4.69) is 25.5 Å². The van der Waals surface area contributed by atoms with Gasteiger partial charge in [0, 0.05) is 0 Å². The maximum atomic E-state index is 13.0. The van der Waals surface area contributed by atoms with Gasteiger partial charge in [0.1, 0.15) is 0 Å². The third-order valence-corrected chi connectivity index (χ3v) is 6.76. The molecule has 1 aliphatic carbocycles. The Morgan fingerprint density at radius 2 is 1.46 bits per heavy atom. The Morgan fingerprint density at radius 1 is 0.929 bits per heavy atom. The number of rotatable bonds is 7. The van der Waals surface area contributed by atoms with Crippen LogP contribution in [0.4, 0.5) is 0 Å². The van der Waals surface area contributed by atoms with Gasteiger partial charge in [-0.25, -0.2) is 0 Å². The van der Waals surface area contributed by atoms with E-state index in [9.17, 15) is 8.42 Å². The minimum absolute atomic E-state index is 0.264. The summed E-state index contributed by atoms with van der Waals surface area (Å²) in [4.78, 5) is 0. The molecule has 0 bridgehead atoms. The van der Waals surface area contributed by atoms with E-state index in [0.717, 1.165) is 30.4 Å². The van der Waals surface area contributed by atoms with Gasteiger partial charge in [-0.2, -0.15) is 13.1 Å². The summed E-state index contributed by atoms with van der Waals surface area (Å²) >= 11 is 0. The summed E-state index contributed by atoms with van der Waals surface area (Å²) in [6, 6.07) is 18.7. The molecule has 1 fully saturated rings. The fourth-order valence-corrected chi connectivity index (χ4v) is 5.34. The quantitative estimate of drug-likeness (QED) is 0.703. The Hall–Kier alpha value is -1.69. The minimum atomic E-state index is -3.92. The lowest BCUT2D eigenvalue weighted by Gasteiger charge is -2.36. The van der Waals surface area contributed by atoms with Gasteiger partial charge in [-0.1, -0.05) is 87.9 Å². The van der Waals surface area contributed by atoms with Gasteiger partial charge in [-0.05, 0) is 41.7 Å². The second-order valence-electron chi connectivity index (χ2n) is 8.29. The zero-order valence-electron chi connectivity index (χ0n) is 16.9. The number of benzene rings is 2. The van der Waals surface area contributed by atoms with E-state index in [1.807, 2.05) is 60.7 Å². The molecular formula is C23H31NO3S. The lowest BCUT2D eigenvalue weighted by molar-refractivity contribution is 0.0495. The van der Waals surface area contributed by atoms with Gasteiger partial charge in [0.2, 0.25) is 0 Å². The van der Waals surface area contributed by atoms with Crippen LogP contribution in [-0.2, 0) is 14.5 Å². The van der Waals surface area contributed by atoms with Crippen molar-refractivity contribution in [3.63, 3.8) is 0 Å². The normalized spacial score (nSPS) is 23.2. The van der Waals surface area contributed by atoms with Crippen LogP contribution in [0.1, 0.15) is 57.2 Å². The van der Waals surface area contributed by atoms with Crippen molar-refractivity contribution in [3.8, 4) is 0 Å². The summed E-state index contributed by atoms with van der Waals surface area (Å²) in [5, 5.41) is 0. The van der Waals surface area contributed by atoms with Crippen molar-refractivity contribution in [2.24, 2.45) is 17.8 Å². The zero-order chi connectivity index (χ0) is 20.1. The maximum absolute atomic E-state index is 13.0. The highest BCUT2D eigenvalue weighted by Crippen LogP contribution is 2.36. The molecule has 1 saturated carbocycles. The van der Waals surface area contributed by atoms with Crippen LogP contribution >= 0.6 is 0 Å². The molecule has 0 unspecified atom stereocenters. The van der Waals surface area contributed by atoms with Crippen molar-refractivity contribution >= 4 is 10.3 Å². The van der Waals surface area contributed by atoms with Gasteiger partial charge < -0.3 is 0 Å². The third kappa shape index (κ3) is 5.43. The van der Waals surface area contributed by atoms with Crippen molar-refractivity contribution in [2.75, 3.05) is 0 Å². The molecule has 0 radical (unpaired) electrons. The van der Waals surface area contributed by atoms with Gasteiger partial charge in [0.15, 0.2) is 0 Å². The maximum Gasteiger partial charge on any atom is 0.336 e. The highest BCUT2D eigenvalue weighted by Gasteiger charge is 2.35. The molecule has 152 valence electrons. The standard InChI is InChI=1S/C23H31NO3S/c1-17(2)21-15-14-18(3)16-22(21)27-28(25,26)24-23(19-10-6-4-7-11-19)20-12-8-5-9-13-20/h4-13,17-18,21-24H,14-16H2,1-3H3/t18-,21+,22-/m1/s1. The molecule has 0 saturated heterocycles. The smallest absolute Gasteiger partial charge is 0.254 e. The molecule has 1 aliphatic rings. The van der Waals surface area contributed by atoms with Gasteiger partial charge in [-0.3, -0.25) is 4.18 Å².